The number of furan rings is 1. The number of urea groups is 1. The average molecular weight is 398 g/mol. The Morgan fingerprint density at radius 1 is 1.00 bits per heavy atom. The molecule has 0 unspecified atom stereocenters. The van der Waals surface area contributed by atoms with Gasteiger partial charge in [-0.1, -0.05) is 6.07 Å². The maximum Gasteiger partial charge on any atom is 0.329 e. The Morgan fingerprint density at radius 3 is 2.50 bits per heavy atom. The van der Waals surface area contributed by atoms with Crippen molar-refractivity contribution in [3.05, 3.63) is 45.7 Å². The SMILES string of the molecule is O=C(NSc1cc2c(o1)CCCNC2=O)Nc1c2c(cc3c1CCC3)CCC2. The summed E-state index contributed by atoms with van der Waals surface area (Å²) in [6.45, 7) is 0.665. The van der Waals surface area contributed by atoms with Gasteiger partial charge in [-0.3, -0.25) is 9.52 Å². The molecule has 28 heavy (non-hydrogen) atoms. The highest BCUT2D eigenvalue weighted by atomic mass is 32.2. The lowest BCUT2D eigenvalue weighted by molar-refractivity contribution is 0.0955. The van der Waals surface area contributed by atoms with Crippen LogP contribution >= 0.6 is 11.9 Å². The molecule has 3 N–H and O–H groups in total. The summed E-state index contributed by atoms with van der Waals surface area (Å²) in [4.78, 5) is 24.6. The van der Waals surface area contributed by atoms with Crippen LogP contribution in [0.15, 0.2) is 21.6 Å². The Hall–Kier alpha value is -2.41. The summed E-state index contributed by atoms with van der Waals surface area (Å²) in [5.74, 6) is 0.585. The van der Waals surface area contributed by atoms with E-state index in [0.29, 0.717) is 23.0 Å². The Balaban J connectivity index is 1.29. The zero-order valence-corrected chi connectivity index (χ0v) is 16.5. The maximum absolute atomic E-state index is 12.6. The van der Waals surface area contributed by atoms with Gasteiger partial charge in [-0.05, 0) is 67.2 Å². The molecule has 5 rings (SSSR count). The average Bonchev–Trinajstić information content (AvgIpc) is 3.40. The number of nitrogens with one attached hydrogen (secondary N) is 3. The van der Waals surface area contributed by atoms with Gasteiger partial charge >= 0.3 is 6.03 Å². The van der Waals surface area contributed by atoms with Crippen molar-refractivity contribution in [3.8, 4) is 0 Å². The normalized spacial score (nSPS) is 17.4. The largest absolute Gasteiger partial charge is 0.452 e. The third-order valence-electron chi connectivity index (χ3n) is 5.85. The van der Waals surface area contributed by atoms with E-state index in [9.17, 15) is 9.59 Å². The number of hydrogen-bond donors (Lipinski definition) is 3. The highest BCUT2D eigenvalue weighted by Crippen LogP contribution is 2.38. The smallest absolute Gasteiger partial charge is 0.329 e. The topological polar surface area (TPSA) is 83.4 Å². The molecule has 6 nitrogen and oxygen atoms in total. The van der Waals surface area contributed by atoms with E-state index >= 15 is 0 Å². The fraction of sp³-hybridized carbons (Fsp3) is 0.429. The second kappa shape index (κ2) is 7.20. The highest BCUT2D eigenvalue weighted by Gasteiger charge is 2.25. The number of hydrogen-bond acceptors (Lipinski definition) is 4. The molecule has 0 fully saturated rings. The molecule has 0 atom stereocenters. The lowest BCUT2D eigenvalue weighted by atomic mass is 9.99. The molecule has 1 aliphatic heterocycles. The van der Waals surface area contributed by atoms with E-state index in [4.69, 9.17) is 4.42 Å². The molecular weight excluding hydrogens is 374 g/mol. The van der Waals surface area contributed by atoms with Gasteiger partial charge in [-0.15, -0.1) is 0 Å². The summed E-state index contributed by atoms with van der Waals surface area (Å²) < 4.78 is 8.58. The van der Waals surface area contributed by atoms with Crippen molar-refractivity contribution in [1.82, 2.24) is 10.0 Å². The lowest BCUT2D eigenvalue weighted by Gasteiger charge is -2.16. The molecule has 0 saturated heterocycles. The van der Waals surface area contributed by atoms with E-state index in [2.05, 4.69) is 21.4 Å². The van der Waals surface area contributed by atoms with E-state index in [0.717, 1.165) is 69.0 Å². The monoisotopic (exact) mass is 397 g/mol. The van der Waals surface area contributed by atoms with E-state index < -0.39 is 0 Å². The summed E-state index contributed by atoms with van der Waals surface area (Å²) >= 11 is 1.11. The second-order valence-corrected chi connectivity index (χ2v) is 8.46. The van der Waals surface area contributed by atoms with Crippen LogP contribution in [-0.4, -0.2) is 18.5 Å². The van der Waals surface area contributed by atoms with E-state index in [1.54, 1.807) is 6.07 Å². The molecule has 2 aromatic rings. The highest BCUT2D eigenvalue weighted by molar-refractivity contribution is 7.97. The zero-order valence-electron chi connectivity index (χ0n) is 15.7. The fourth-order valence-corrected chi connectivity index (χ4v) is 5.14. The molecule has 0 radical (unpaired) electrons. The third kappa shape index (κ3) is 3.17. The van der Waals surface area contributed by atoms with Crippen molar-refractivity contribution >= 4 is 29.6 Å². The first-order valence-electron chi connectivity index (χ1n) is 10.0. The second-order valence-electron chi connectivity index (χ2n) is 7.65. The number of aryl methyl sites for hydroxylation is 3. The lowest BCUT2D eigenvalue weighted by Crippen LogP contribution is -2.24. The summed E-state index contributed by atoms with van der Waals surface area (Å²) in [6.07, 6.45) is 8.17. The quantitative estimate of drug-likeness (QED) is 0.689. The molecule has 1 aromatic heterocycles. The third-order valence-corrected chi connectivity index (χ3v) is 6.54. The number of anilines is 1. The van der Waals surface area contributed by atoms with Crippen LogP contribution < -0.4 is 15.4 Å². The van der Waals surface area contributed by atoms with Crippen molar-refractivity contribution in [1.29, 1.82) is 0 Å². The summed E-state index contributed by atoms with van der Waals surface area (Å²) in [6, 6.07) is 3.80. The van der Waals surface area contributed by atoms with E-state index in [1.165, 1.54) is 22.3 Å². The Labute approximate surface area is 168 Å². The minimum atomic E-state index is -0.254. The van der Waals surface area contributed by atoms with Gasteiger partial charge in [0.25, 0.3) is 5.91 Å². The number of carbonyl (C=O) groups is 2. The van der Waals surface area contributed by atoms with Crippen molar-refractivity contribution in [3.63, 3.8) is 0 Å². The Kier molecular flexibility index (Phi) is 4.55. The first kappa shape index (κ1) is 17.7. The number of benzene rings is 1. The van der Waals surface area contributed by atoms with Crippen LogP contribution in [-0.2, 0) is 32.1 Å². The summed E-state index contributed by atoms with van der Waals surface area (Å²) in [5.41, 5.74) is 6.99. The van der Waals surface area contributed by atoms with Crippen LogP contribution in [0.3, 0.4) is 0 Å². The summed E-state index contributed by atoms with van der Waals surface area (Å²) in [7, 11) is 0. The number of carbonyl (C=O) groups excluding carboxylic acids is 2. The minimum Gasteiger partial charge on any atom is -0.452 e. The van der Waals surface area contributed by atoms with Crippen molar-refractivity contribution in [2.24, 2.45) is 0 Å². The molecule has 2 heterocycles. The van der Waals surface area contributed by atoms with Gasteiger partial charge in [0.05, 0.1) is 5.56 Å². The van der Waals surface area contributed by atoms with Crippen molar-refractivity contribution < 1.29 is 14.0 Å². The van der Waals surface area contributed by atoms with Gasteiger partial charge < -0.3 is 15.1 Å². The summed E-state index contributed by atoms with van der Waals surface area (Å²) in [5, 5.41) is 6.48. The number of amides is 3. The van der Waals surface area contributed by atoms with Gasteiger partial charge in [-0.2, -0.15) is 0 Å². The van der Waals surface area contributed by atoms with Gasteiger partial charge in [0.2, 0.25) is 0 Å². The van der Waals surface area contributed by atoms with Crippen LogP contribution in [0.5, 0.6) is 0 Å². The molecule has 0 saturated carbocycles. The van der Waals surface area contributed by atoms with Gasteiger partial charge in [-0.25, -0.2) is 4.79 Å². The van der Waals surface area contributed by atoms with Gasteiger partial charge in [0.15, 0.2) is 5.09 Å². The van der Waals surface area contributed by atoms with E-state index in [-0.39, 0.29) is 11.9 Å². The van der Waals surface area contributed by atoms with Crippen LogP contribution in [0.25, 0.3) is 0 Å². The van der Waals surface area contributed by atoms with Crippen LogP contribution in [0.2, 0.25) is 0 Å². The van der Waals surface area contributed by atoms with Crippen LogP contribution in [0.1, 0.15) is 57.6 Å². The predicted octanol–water partition coefficient (Wildman–Crippen LogP) is 3.76. The maximum atomic E-state index is 12.6. The molecule has 7 heteroatoms. The van der Waals surface area contributed by atoms with Crippen LogP contribution in [0.4, 0.5) is 10.5 Å². The van der Waals surface area contributed by atoms with Gasteiger partial charge in [0, 0.05) is 36.7 Å². The Bertz CT molecular complexity index is 934. The molecule has 146 valence electrons. The van der Waals surface area contributed by atoms with Crippen molar-refractivity contribution in [2.45, 2.75) is 56.5 Å². The number of rotatable bonds is 3. The fourth-order valence-electron chi connectivity index (χ4n) is 4.58. The molecule has 0 spiro atoms. The first-order chi connectivity index (χ1) is 13.7. The van der Waals surface area contributed by atoms with Crippen LogP contribution in [0, 0.1) is 0 Å². The minimum absolute atomic E-state index is 0.108. The van der Waals surface area contributed by atoms with E-state index in [1.807, 2.05) is 0 Å². The first-order valence-corrected chi connectivity index (χ1v) is 10.8. The molecular formula is C21H23N3O3S. The predicted molar refractivity (Wildman–Crippen MR) is 108 cm³/mol. The van der Waals surface area contributed by atoms with Gasteiger partial charge in [0.1, 0.15) is 5.76 Å². The molecule has 3 aliphatic rings. The molecule has 2 aliphatic carbocycles. The molecule has 0 bridgehead atoms. The number of fused-ring (bicyclic) bond motifs is 3. The molecule has 3 amide bonds. The zero-order chi connectivity index (χ0) is 19.1. The Morgan fingerprint density at radius 2 is 1.75 bits per heavy atom. The molecule has 1 aromatic carbocycles. The standard InChI is InChI=1S/C21H23N3O3S/c25-20-16-11-18(27-17(16)8-3-9-22-20)28-24-21(26)23-19-14-6-1-4-12(14)10-13-5-2-7-15(13)19/h10-11H,1-9H2,(H,22,25)(H2,23,24,26). The van der Waals surface area contributed by atoms with Crippen molar-refractivity contribution in [2.75, 3.05) is 11.9 Å².